The first kappa shape index (κ1) is 14.9. The van der Waals surface area contributed by atoms with Gasteiger partial charge in [-0.2, -0.15) is 11.3 Å². The Bertz CT molecular complexity index is 689. The fourth-order valence-corrected chi connectivity index (χ4v) is 4.31. The van der Waals surface area contributed by atoms with Gasteiger partial charge in [-0.1, -0.05) is 24.3 Å². The molecule has 23 heavy (non-hydrogen) atoms. The van der Waals surface area contributed by atoms with Crippen molar-refractivity contribution < 1.29 is 9.53 Å². The number of fused-ring (bicyclic) bond motifs is 1. The van der Waals surface area contributed by atoms with Gasteiger partial charge in [0.05, 0.1) is 13.2 Å². The van der Waals surface area contributed by atoms with E-state index < -0.39 is 5.54 Å². The molecule has 0 saturated carbocycles. The Morgan fingerprint density at radius 2 is 2.00 bits per heavy atom. The first-order valence-corrected chi connectivity index (χ1v) is 8.89. The molecule has 2 N–H and O–H groups in total. The highest BCUT2D eigenvalue weighted by molar-refractivity contribution is 7.07. The van der Waals surface area contributed by atoms with E-state index in [0.29, 0.717) is 32.5 Å². The molecule has 0 unspecified atom stereocenters. The summed E-state index contributed by atoms with van der Waals surface area (Å²) in [7, 11) is 0. The number of thiophene rings is 1. The molecule has 1 aliphatic heterocycles. The van der Waals surface area contributed by atoms with Gasteiger partial charge in [-0.15, -0.1) is 0 Å². The van der Waals surface area contributed by atoms with Crippen LogP contribution in [0.4, 0.5) is 0 Å². The van der Waals surface area contributed by atoms with Crippen LogP contribution in [0.3, 0.4) is 0 Å². The molecule has 4 nitrogen and oxygen atoms in total. The van der Waals surface area contributed by atoms with Gasteiger partial charge in [-0.25, -0.2) is 0 Å². The van der Waals surface area contributed by atoms with Gasteiger partial charge in [0.15, 0.2) is 0 Å². The minimum atomic E-state index is -0.805. The van der Waals surface area contributed by atoms with E-state index in [4.69, 9.17) is 10.5 Å². The number of carbonyl (C=O) groups is 1. The molecule has 0 bridgehead atoms. The summed E-state index contributed by atoms with van der Waals surface area (Å²) in [5, 5.41) is 4.12. The molecule has 1 saturated heterocycles. The van der Waals surface area contributed by atoms with E-state index >= 15 is 0 Å². The van der Waals surface area contributed by atoms with Gasteiger partial charge in [0, 0.05) is 6.54 Å². The number of carbonyl (C=O) groups excluding carboxylic acids is 1. The number of hydrogen-bond donors (Lipinski definition) is 1. The van der Waals surface area contributed by atoms with E-state index in [1.165, 1.54) is 11.1 Å². The predicted molar refractivity (Wildman–Crippen MR) is 90.4 cm³/mol. The van der Waals surface area contributed by atoms with Gasteiger partial charge in [0.25, 0.3) is 0 Å². The summed E-state index contributed by atoms with van der Waals surface area (Å²) in [6.07, 6.45) is 1.22. The Morgan fingerprint density at radius 3 is 2.65 bits per heavy atom. The number of amides is 1. The zero-order chi connectivity index (χ0) is 15.9. The fourth-order valence-electron chi connectivity index (χ4n) is 3.60. The average molecular weight is 328 g/mol. The maximum Gasteiger partial charge on any atom is 0.243 e. The monoisotopic (exact) mass is 328 g/mol. The molecular weight excluding hydrogens is 308 g/mol. The van der Waals surface area contributed by atoms with E-state index in [-0.39, 0.29) is 12.0 Å². The summed E-state index contributed by atoms with van der Waals surface area (Å²) in [4.78, 5) is 14.9. The topological polar surface area (TPSA) is 55.6 Å². The van der Waals surface area contributed by atoms with Crippen LogP contribution in [0.5, 0.6) is 0 Å². The molecule has 4 rings (SSSR count). The van der Waals surface area contributed by atoms with Crippen LogP contribution in [-0.4, -0.2) is 36.0 Å². The third kappa shape index (κ3) is 2.69. The summed E-state index contributed by atoms with van der Waals surface area (Å²) in [5.41, 5.74) is 9.26. The highest BCUT2D eigenvalue weighted by Gasteiger charge is 2.43. The van der Waals surface area contributed by atoms with Crippen LogP contribution in [0, 0.1) is 0 Å². The van der Waals surface area contributed by atoms with Crippen LogP contribution in [0.1, 0.15) is 22.8 Å². The zero-order valence-electron chi connectivity index (χ0n) is 12.9. The van der Waals surface area contributed by atoms with Crippen LogP contribution < -0.4 is 5.73 Å². The van der Waals surface area contributed by atoms with Gasteiger partial charge in [-0.05, 0) is 46.4 Å². The second-order valence-electron chi connectivity index (χ2n) is 6.45. The SMILES string of the molecule is NC1(C(=O)N2CCO[C@H](c3ccsc3)C2)Cc2ccccc2C1. The molecule has 1 aromatic heterocycles. The van der Waals surface area contributed by atoms with Crippen LogP contribution in [0.25, 0.3) is 0 Å². The van der Waals surface area contributed by atoms with Gasteiger partial charge in [0.1, 0.15) is 11.6 Å². The Hall–Kier alpha value is -1.69. The second kappa shape index (κ2) is 5.74. The molecule has 0 spiro atoms. The molecule has 1 atom stereocenters. The van der Waals surface area contributed by atoms with Crippen LogP contribution >= 0.6 is 11.3 Å². The fraction of sp³-hybridized carbons (Fsp3) is 0.389. The van der Waals surface area contributed by atoms with E-state index in [0.717, 1.165) is 5.56 Å². The van der Waals surface area contributed by atoms with Crippen LogP contribution in [0.15, 0.2) is 41.1 Å². The zero-order valence-corrected chi connectivity index (χ0v) is 13.7. The molecule has 0 radical (unpaired) electrons. The lowest BCUT2D eigenvalue weighted by molar-refractivity contribution is -0.144. The Morgan fingerprint density at radius 1 is 1.26 bits per heavy atom. The molecule has 5 heteroatoms. The van der Waals surface area contributed by atoms with Crippen molar-refractivity contribution in [2.24, 2.45) is 5.73 Å². The van der Waals surface area contributed by atoms with Crippen LogP contribution in [-0.2, 0) is 22.4 Å². The van der Waals surface area contributed by atoms with E-state index in [2.05, 4.69) is 23.6 Å². The van der Waals surface area contributed by atoms with Crippen LogP contribution in [0.2, 0.25) is 0 Å². The molecule has 2 heterocycles. The number of morpholine rings is 1. The molecule has 2 aromatic rings. The molecular formula is C18H20N2O2S. The summed E-state index contributed by atoms with van der Waals surface area (Å²) < 4.78 is 5.83. The minimum absolute atomic E-state index is 0.0358. The molecule has 2 aliphatic rings. The predicted octanol–water partition coefficient (Wildman–Crippen LogP) is 2.14. The van der Waals surface area contributed by atoms with Crippen molar-refractivity contribution >= 4 is 17.2 Å². The van der Waals surface area contributed by atoms with Crippen molar-refractivity contribution in [3.8, 4) is 0 Å². The standard InChI is InChI=1S/C18H20N2O2S/c19-18(9-13-3-1-2-4-14(13)10-18)17(21)20-6-7-22-16(11-20)15-5-8-23-12-15/h1-5,8,12,16H,6-7,9-11,19H2/t16-/m0/s1. The van der Waals surface area contributed by atoms with Crippen molar-refractivity contribution in [2.75, 3.05) is 19.7 Å². The third-order valence-corrected chi connectivity index (χ3v) is 5.53. The lowest BCUT2D eigenvalue weighted by Gasteiger charge is -2.37. The highest BCUT2D eigenvalue weighted by Crippen LogP contribution is 2.31. The van der Waals surface area contributed by atoms with Crippen molar-refractivity contribution in [3.05, 3.63) is 57.8 Å². The molecule has 1 amide bonds. The summed E-state index contributed by atoms with van der Waals surface area (Å²) in [5.74, 6) is 0.0530. The lowest BCUT2D eigenvalue weighted by atomic mass is 9.94. The number of nitrogens with two attached hydrogens (primary N) is 1. The van der Waals surface area contributed by atoms with E-state index in [9.17, 15) is 4.79 Å². The van der Waals surface area contributed by atoms with E-state index in [1.807, 2.05) is 22.4 Å². The summed E-state index contributed by atoms with van der Waals surface area (Å²) in [6, 6.07) is 10.2. The van der Waals surface area contributed by atoms with Gasteiger partial charge in [0.2, 0.25) is 5.91 Å². The molecule has 1 aromatic carbocycles. The number of benzene rings is 1. The summed E-state index contributed by atoms with van der Waals surface area (Å²) >= 11 is 1.65. The Balaban J connectivity index is 1.51. The van der Waals surface area contributed by atoms with Gasteiger partial charge >= 0.3 is 0 Å². The normalized spacial score (nSPS) is 22.8. The van der Waals surface area contributed by atoms with Crippen molar-refractivity contribution in [2.45, 2.75) is 24.5 Å². The van der Waals surface area contributed by atoms with Crippen molar-refractivity contribution in [1.82, 2.24) is 4.90 Å². The third-order valence-electron chi connectivity index (χ3n) is 4.82. The maximum atomic E-state index is 13.1. The van der Waals surface area contributed by atoms with E-state index in [1.54, 1.807) is 11.3 Å². The quantitative estimate of drug-likeness (QED) is 0.919. The minimum Gasteiger partial charge on any atom is -0.370 e. The number of nitrogens with zero attached hydrogens (tertiary/aromatic N) is 1. The van der Waals surface area contributed by atoms with Crippen molar-refractivity contribution in [1.29, 1.82) is 0 Å². The van der Waals surface area contributed by atoms with Crippen molar-refractivity contribution in [3.63, 3.8) is 0 Å². The number of rotatable bonds is 2. The molecule has 1 aliphatic carbocycles. The number of hydrogen-bond acceptors (Lipinski definition) is 4. The second-order valence-corrected chi connectivity index (χ2v) is 7.23. The van der Waals surface area contributed by atoms with Gasteiger partial charge < -0.3 is 15.4 Å². The first-order valence-electron chi connectivity index (χ1n) is 7.94. The number of ether oxygens (including phenoxy) is 1. The highest BCUT2D eigenvalue weighted by atomic mass is 32.1. The largest absolute Gasteiger partial charge is 0.370 e. The lowest BCUT2D eigenvalue weighted by Crippen LogP contribution is -2.58. The molecule has 120 valence electrons. The van der Waals surface area contributed by atoms with Gasteiger partial charge in [-0.3, -0.25) is 4.79 Å². The Kier molecular flexibility index (Phi) is 3.71. The molecule has 1 fully saturated rings. The Labute approximate surface area is 139 Å². The first-order chi connectivity index (χ1) is 11.2. The average Bonchev–Trinajstić information content (AvgIpc) is 3.21. The summed E-state index contributed by atoms with van der Waals surface area (Å²) in [6.45, 7) is 1.77. The maximum absolute atomic E-state index is 13.1. The smallest absolute Gasteiger partial charge is 0.243 e.